The second kappa shape index (κ2) is 11.5. The largest absolute Gasteiger partial charge is 0.530 e. The summed E-state index contributed by atoms with van der Waals surface area (Å²) in [6, 6.07) is 31.9. The van der Waals surface area contributed by atoms with Crippen molar-refractivity contribution in [1.29, 1.82) is 0 Å². The molecule has 0 heterocycles. The fourth-order valence-corrected chi connectivity index (χ4v) is 4.31. The van der Waals surface area contributed by atoms with Gasteiger partial charge in [-0.1, -0.05) is 72.8 Å². The molecule has 33 heavy (non-hydrogen) atoms. The standard InChI is InChI=1S/C26H25O6P/c27-33(30-20-18-28-23-12-3-1-4-13-23,31-21-19-29-24-14-5-2-6-15-24)32-26-17-9-11-22-10-7-8-16-25(22)26/h1-17H,18-21H2. The van der Waals surface area contributed by atoms with Crippen LogP contribution in [0.1, 0.15) is 0 Å². The molecule has 0 aliphatic carbocycles. The molecule has 0 unspecified atom stereocenters. The lowest BCUT2D eigenvalue weighted by atomic mass is 10.1. The number of hydrogen-bond acceptors (Lipinski definition) is 6. The van der Waals surface area contributed by atoms with Gasteiger partial charge in [0.2, 0.25) is 0 Å². The number of benzene rings is 4. The van der Waals surface area contributed by atoms with E-state index < -0.39 is 7.82 Å². The van der Waals surface area contributed by atoms with Crippen LogP contribution in [0.2, 0.25) is 0 Å². The Kier molecular flexibility index (Phi) is 7.99. The van der Waals surface area contributed by atoms with Crippen molar-refractivity contribution in [3.05, 3.63) is 103 Å². The first-order valence-electron chi connectivity index (χ1n) is 10.6. The van der Waals surface area contributed by atoms with E-state index in [4.69, 9.17) is 23.0 Å². The molecule has 0 fully saturated rings. The Labute approximate surface area is 193 Å². The minimum absolute atomic E-state index is 0.0243. The molecule has 0 atom stereocenters. The second-order valence-electron chi connectivity index (χ2n) is 7.01. The van der Waals surface area contributed by atoms with E-state index in [0.717, 1.165) is 10.8 Å². The van der Waals surface area contributed by atoms with Gasteiger partial charge in [-0.05, 0) is 35.7 Å². The summed E-state index contributed by atoms with van der Waals surface area (Å²) >= 11 is 0. The first-order chi connectivity index (χ1) is 16.2. The van der Waals surface area contributed by atoms with E-state index in [1.54, 1.807) is 6.07 Å². The molecule has 0 aliphatic heterocycles. The van der Waals surface area contributed by atoms with Crippen LogP contribution >= 0.6 is 7.82 Å². The number of phosphoric ester groups is 1. The van der Waals surface area contributed by atoms with Gasteiger partial charge in [0.05, 0.1) is 13.2 Å². The normalized spacial score (nSPS) is 11.3. The maximum atomic E-state index is 13.5. The fourth-order valence-electron chi connectivity index (χ4n) is 3.14. The second-order valence-corrected chi connectivity index (χ2v) is 8.60. The van der Waals surface area contributed by atoms with Crippen molar-refractivity contribution >= 4 is 18.6 Å². The molecule has 7 heteroatoms. The molecular weight excluding hydrogens is 439 g/mol. The zero-order valence-electron chi connectivity index (χ0n) is 18.0. The monoisotopic (exact) mass is 464 g/mol. The van der Waals surface area contributed by atoms with Gasteiger partial charge in [-0.3, -0.25) is 9.05 Å². The molecule has 0 saturated carbocycles. The Morgan fingerprint density at radius 3 is 1.67 bits per heavy atom. The topological polar surface area (TPSA) is 63.2 Å². The molecule has 0 spiro atoms. The quantitative estimate of drug-likeness (QED) is 0.176. The average molecular weight is 464 g/mol. The van der Waals surface area contributed by atoms with Crippen molar-refractivity contribution < 1.29 is 27.6 Å². The summed E-state index contributed by atoms with van der Waals surface area (Å²) in [5, 5.41) is 1.77. The van der Waals surface area contributed by atoms with Crippen molar-refractivity contribution in [3.8, 4) is 17.2 Å². The SMILES string of the molecule is O=P(OCCOc1ccccc1)(OCCOc1ccccc1)Oc1cccc2ccccc12. The predicted molar refractivity (Wildman–Crippen MR) is 128 cm³/mol. The van der Waals surface area contributed by atoms with Gasteiger partial charge < -0.3 is 14.0 Å². The highest BCUT2D eigenvalue weighted by Gasteiger charge is 2.29. The number of rotatable bonds is 12. The van der Waals surface area contributed by atoms with Crippen LogP contribution in [0.4, 0.5) is 0 Å². The van der Waals surface area contributed by atoms with Crippen LogP contribution < -0.4 is 14.0 Å². The van der Waals surface area contributed by atoms with Crippen LogP contribution in [-0.2, 0) is 13.6 Å². The summed E-state index contributed by atoms with van der Waals surface area (Å²) in [4.78, 5) is 0. The number of ether oxygens (including phenoxy) is 2. The van der Waals surface area contributed by atoms with E-state index in [0.29, 0.717) is 17.2 Å². The average Bonchev–Trinajstić information content (AvgIpc) is 2.86. The summed E-state index contributed by atoms with van der Waals surface area (Å²) in [5.41, 5.74) is 0. The molecule has 0 saturated heterocycles. The van der Waals surface area contributed by atoms with Gasteiger partial charge >= 0.3 is 7.82 Å². The minimum Gasteiger partial charge on any atom is -0.491 e. The van der Waals surface area contributed by atoms with Crippen LogP contribution in [0.5, 0.6) is 17.2 Å². The summed E-state index contributed by atoms with van der Waals surface area (Å²) in [6.07, 6.45) is 0. The Hall–Kier alpha value is -3.31. The van der Waals surface area contributed by atoms with Crippen molar-refractivity contribution in [2.45, 2.75) is 0 Å². The maximum absolute atomic E-state index is 13.5. The first kappa shape index (κ1) is 22.9. The van der Waals surface area contributed by atoms with E-state index in [1.807, 2.05) is 97.1 Å². The minimum atomic E-state index is -3.95. The molecule has 4 rings (SSSR count). The smallest absolute Gasteiger partial charge is 0.491 e. The molecule has 4 aromatic carbocycles. The van der Waals surface area contributed by atoms with Crippen LogP contribution in [0, 0.1) is 0 Å². The third kappa shape index (κ3) is 6.83. The van der Waals surface area contributed by atoms with E-state index >= 15 is 0 Å². The lowest BCUT2D eigenvalue weighted by Crippen LogP contribution is -2.12. The molecule has 0 N–H and O–H groups in total. The zero-order valence-corrected chi connectivity index (χ0v) is 18.9. The maximum Gasteiger partial charge on any atom is 0.530 e. The lowest BCUT2D eigenvalue weighted by Gasteiger charge is -2.20. The number of phosphoric acid groups is 1. The third-order valence-corrected chi connectivity index (χ3v) is 6.07. The van der Waals surface area contributed by atoms with Crippen molar-refractivity contribution in [1.82, 2.24) is 0 Å². The summed E-state index contributed by atoms with van der Waals surface area (Å²) < 4.78 is 41.7. The summed E-state index contributed by atoms with van der Waals surface area (Å²) in [5.74, 6) is 1.82. The Balaban J connectivity index is 1.40. The van der Waals surface area contributed by atoms with Gasteiger partial charge in [-0.15, -0.1) is 0 Å². The molecule has 4 aromatic rings. The highest BCUT2D eigenvalue weighted by Crippen LogP contribution is 2.50. The Morgan fingerprint density at radius 2 is 1.06 bits per heavy atom. The molecule has 0 aliphatic rings. The molecule has 0 aromatic heterocycles. The van der Waals surface area contributed by atoms with Crippen LogP contribution in [-0.4, -0.2) is 26.4 Å². The lowest BCUT2D eigenvalue weighted by molar-refractivity contribution is 0.119. The van der Waals surface area contributed by atoms with Crippen LogP contribution in [0.3, 0.4) is 0 Å². The fraction of sp³-hybridized carbons (Fsp3) is 0.154. The van der Waals surface area contributed by atoms with E-state index in [9.17, 15) is 4.57 Å². The molecule has 0 bridgehead atoms. The van der Waals surface area contributed by atoms with Crippen LogP contribution in [0.25, 0.3) is 10.8 Å². The van der Waals surface area contributed by atoms with Gasteiger partial charge in [-0.2, -0.15) is 0 Å². The number of para-hydroxylation sites is 2. The van der Waals surface area contributed by atoms with Gasteiger partial charge in [0, 0.05) is 5.39 Å². The Bertz CT molecular complexity index is 1130. The highest BCUT2D eigenvalue weighted by molar-refractivity contribution is 7.49. The predicted octanol–water partition coefficient (Wildman–Crippen LogP) is 6.52. The Morgan fingerprint density at radius 1 is 0.545 bits per heavy atom. The van der Waals surface area contributed by atoms with Crippen LogP contribution in [0.15, 0.2) is 103 Å². The van der Waals surface area contributed by atoms with Crippen molar-refractivity contribution in [3.63, 3.8) is 0 Å². The first-order valence-corrected chi connectivity index (χ1v) is 12.1. The van der Waals surface area contributed by atoms with Gasteiger partial charge in [-0.25, -0.2) is 4.57 Å². The van der Waals surface area contributed by atoms with E-state index in [2.05, 4.69) is 0 Å². The van der Waals surface area contributed by atoms with Gasteiger partial charge in [0.25, 0.3) is 0 Å². The summed E-state index contributed by atoms with van der Waals surface area (Å²) in [6.45, 7) is 0.431. The van der Waals surface area contributed by atoms with E-state index in [-0.39, 0.29) is 26.4 Å². The molecule has 170 valence electrons. The van der Waals surface area contributed by atoms with Gasteiger partial charge in [0.15, 0.2) is 0 Å². The van der Waals surface area contributed by atoms with Crippen molar-refractivity contribution in [2.75, 3.05) is 26.4 Å². The number of hydrogen-bond donors (Lipinski definition) is 0. The molecule has 0 amide bonds. The molecule has 0 radical (unpaired) electrons. The summed E-state index contributed by atoms with van der Waals surface area (Å²) in [7, 11) is -3.95. The van der Waals surface area contributed by atoms with Crippen molar-refractivity contribution in [2.24, 2.45) is 0 Å². The third-order valence-electron chi connectivity index (χ3n) is 4.65. The molecular formula is C26H25O6P. The van der Waals surface area contributed by atoms with E-state index in [1.165, 1.54) is 0 Å². The zero-order chi connectivity index (χ0) is 22.8. The highest BCUT2D eigenvalue weighted by atomic mass is 31.2. The molecule has 6 nitrogen and oxygen atoms in total. The number of fused-ring (bicyclic) bond motifs is 1. The van der Waals surface area contributed by atoms with Gasteiger partial charge in [0.1, 0.15) is 30.5 Å².